The van der Waals surface area contributed by atoms with Gasteiger partial charge in [0.2, 0.25) is 0 Å². The maximum Gasteiger partial charge on any atom is 0.307 e. The topological polar surface area (TPSA) is 90.0 Å². The van der Waals surface area contributed by atoms with Gasteiger partial charge in [0, 0.05) is 50.8 Å². The van der Waals surface area contributed by atoms with E-state index in [2.05, 4.69) is 9.62 Å². The predicted octanol–water partition coefficient (Wildman–Crippen LogP) is -0.334. The smallest absolute Gasteiger partial charge is 0.307 e. The van der Waals surface area contributed by atoms with Gasteiger partial charge in [0.05, 0.1) is 5.92 Å². The van der Waals surface area contributed by atoms with Gasteiger partial charge in [-0.05, 0) is 12.8 Å². The van der Waals surface area contributed by atoms with Crippen LogP contribution in [0.15, 0.2) is 0 Å². The minimum Gasteiger partial charge on any atom is -0.481 e. The summed E-state index contributed by atoms with van der Waals surface area (Å²) in [6.07, 6.45) is 1.15. The molecule has 0 aliphatic carbocycles. The molecule has 2 saturated heterocycles. The maximum atomic E-state index is 12.2. The molecule has 0 aromatic carbocycles. The van der Waals surface area contributed by atoms with Gasteiger partial charge in [0.1, 0.15) is 0 Å². The number of nitrogens with zero attached hydrogens (tertiary/aromatic N) is 2. The summed E-state index contributed by atoms with van der Waals surface area (Å²) in [6.45, 7) is 3.55. The minimum absolute atomic E-state index is 0.0744. The molecule has 2 aliphatic rings. The average Bonchev–Trinajstić information content (AvgIpc) is 2.48. The standard InChI is InChI=1S/C12H23N3O4S2/c16-12(17)11-2-1-4-15(10-11)21(18,19)13-3-5-14-6-8-20-9-7-14/h11,13H,1-10H2,(H,16,17). The van der Waals surface area contributed by atoms with Gasteiger partial charge in [-0.3, -0.25) is 4.79 Å². The van der Waals surface area contributed by atoms with Crippen molar-refractivity contribution < 1.29 is 18.3 Å². The monoisotopic (exact) mass is 337 g/mol. The third kappa shape index (κ3) is 5.10. The van der Waals surface area contributed by atoms with E-state index in [1.165, 1.54) is 4.31 Å². The molecule has 2 fully saturated rings. The van der Waals surface area contributed by atoms with E-state index < -0.39 is 22.1 Å². The zero-order valence-corrected chi connectivity index (χ0v) is 13.7. The van der Waals surface area contributed by atoms with Gasteiger partial charge in [0.25, 0.3) is 10.2 Å². The van der Waals surface area contributed by atoms with Crippen LogP contribution in [0.25, 0.3) is 0 Å². The zero-order chi connectivity index (χ0) is 15.3. The van der Waals surface area contributed by atoms with Crippen LogP contribution in [0, 0.1) is 5.92 Å². The van der Waals surface area contributed by atoms with E-state index in [0.29, 0.717) is 32.5 Å². The van der Waals surface area contributed by atoms with Crippen molar-refractivity contribution in [3.8, 4) is 0 Å². The highest BCUT2D eigenvalue weighted by Crippen LogP contribution is 2.18. The fourth-order valence-corrected chi connectivity index (χ4v) is 4.87. The van der Waals surface area contributed by atoms with Crippen molar-refractivity contribution in [2.75, 3.05) is 50.8 Å². The second-order valence-corrected chi connectivity index (χ2v) is 8.37. The number of rotatable bonds is 6. The van der Waals surface area contributed by atoms with E-state index in [4.69, 9.17) is 5.11 Å². The van der Waals surface area contributed by atoms with Gasteiger partial charge in [-0.2, -0.15) is 24.5 Å². The highest BCUT2D eigenvalue weighted by Gasteiger charge is 2.31. The van der Waals surface area contributed by atoms with Crippen LogP contribution in [0.2, 0.25) is 0 Å². The quantitative estimate of drug-likeness (QED) is 0.690. The first-order valence-corrected chi connectivity index (χ1v) is 9.86. The van der Waals surface area contributed by atoms with Crippen LogP contribution in [-0.2, 0) is 15.0 Å². The first kappa shape index (κ1) is 17.0. The van der Waals surface area contributed by atoms with Gasteiger partial charge >= 0.3 is 5.97 Å². The number of hydrogen-bond donors (Lipinski definition) is 2. The number of thioether (sulfide) groups is 1. The van der Waals surface area contributed by atoms with E-state index >= 15 is 0 Å². The number of carboxylic acid groups (broad SMARTS) is 1. The molecule has 0 radical (unpaired) electrons. The minimum atomic E-state index is -3.56. The molecular weight excluding hydrogens is 314 g/mol. The largest absolute Gasteiger partial charge is 0.481 e. The Balaban J connectivity index is 1.79. The van der Waals surface area contributed by atoms with Crippen LogP contribution in [-0.4, -0.2) is 79.5 Å². The zero-order valence-electron chi connectivity index (χ0n) is 12.0. The lowest BCUT2D eigenvalue weighted by Gasteiger charge is -2.30. The van der Waals surface area contributed by atoms with Gasteiger partial charge in [-0.15, -0.1) is 0 Å². The van der Waals surface area contributed by atoms with E-state index in [-0.39, 0.29) is 6.54 Å². The molecule has 7 nitrogen and oxygen atoms in total. The molecule has 122 valence electrons. The summed E-state index contributed by atoms with van der Waals surface area (Å²) in [5.74, 6) is 0.688. The molecule has 2 heterocycles. The number of aliphatic carboxylic acids is 1. The molecule has 1 unspecified atom stereocenters. The van der Waals surface area contributed by atoms with Crippen molar-refractivity contribution in [1.29, 1.82) is 0 Å². The Morgan fingerprint density at radius 3 is 2.67 bits per heavy atom. The van der Waals surface area contributed by atoms with E-state index in [1.807, 2.05) is 11.8 Å². The van der Waals surface area contributed by atoms with Crippen molar-refractivity contribution >= 4 is 27.9 Å². The molecular formula is C12H23N3O4S2. The molecule has 0 saturated carbocycles. The van der Waals surface area contributed by atoms with E-state index in [9.17, 15) is 13.2 Å². The normalized spacial score (nSPS) is 25.8. The number of hydrogen-bond acceptors (Lipinski definition) is 5. The third-order valence-corrected chi connectivity index (χ3v) is 6.41. The molecule has 0 amide bonds. The van der Waals surface area contributed by atoms with Crippen molar-refractivity contribution in [3.05, 3.63) is 0 Å². The number of carboxylic acids is 1. The van der Waals surface area contributed by atoms with Crippen LogP contribution in [0.5, 0.6) is 0 Å². The molecule has 2 aliphatic heterocycles. The Morgan fingerprint density at radius 1 is 1.29 bits per heavy atom. The summed E-state index contributed by atoms with van der Waals surface area (Å²) in [5, 5.41) is 9.02. The Labute approximate surface area is 130 Å². The number of carbonyl (C=O) groups is 1. The van der Waals surface area contributed by atoms with Crippen molar-refractivity contribution in [3.63, 3.8) is 0 Å². The predicted molar refractivity (Wildman–Crippen MR) is 82.6 cm³/mol. The second-order valence-electron chi connectivity index (χ2n) is 5.39. The second kappa shape index (κ2) is 7.77. The van der Waals surface area contributed by atoms with E-state index in [0.717, 1.165) is 24.6 Å². The molecule has 0 spiro atoms. The first-order valence-electron chi connectivity index (χ1n) is 7.26. The molecule has 0 bridgehead atoms. The molecule has 1 atom stereocenters. The van der Waals surface area contributed by atoms with Crippen molar-refractivity contribution in [2.24, 2.45) is 5.92 Å². The van der Waals surface area contributed by atoms with Gasteiger partial charge in [-0.25, -0.2) is 4.72 Å². The van der Waals surface area contributed by atoms with Crippen molar-refractivity contribution in [2.45, 2.75) is 12.8 Å². The molecule has 0 aromatic rings. The summed E-state index contributed by atoms with van der Waals surface area (Å²) in [6, 6.07) is 0. The summed E-state index contributed by atoms with van der Waals surface area (Å²) < 4.78 is 28.2. The highest BCUT2D eigenvalue weighted by molar-refractivity contribution is 7.99. The van der Waals surface area contributed by atoms with Crippen LogP contribution in [0.1, 0.15) is 12.8 Å². The summed E-state index contributed by atoms with van der Waals surface area (Å²) >= 11 is 1.92. The number of nitrogens with one attached hydrogen (secondary N) is 1. The molecule has 2 N–H and O–H groups in total. The lowest BCUT2D eigenvalue weighted by molar-refractivity contribution is -0.142. The number of piperidine rings is 1. The first-order chi connectivity index (χ1) is 9.99. The highest BCUT2D eigenvalue weighted by atomic mass is 32.2. The summed E-state index contributed by atoms with van der Waals surface area (Å²) in [7, 11) is -3.56. The third-order valence-electron chi connectivity index (χ3n) is 3.89. The Bertz CT molecular complexity index is 451. The molecule has 2 rings (SSSR count). The molecule has 9 heteroatoms. The van der Waals surface area contributed by atoms with Crippen LogP contribution in [0.3, 0.4) is 0 Å². The van der Waals surface area contributed by atoms with Crippen LogP contribution < -0.4 is 4.72 Å². The molecule has 21 heavy (non-hydrogen) atoms. The Hall–Kier alpha value is -0.350. The van der Waals surface area contributed by atoms with E-state index in [1.54, 1.807) is 0 Å². The van der Waals surface area contributed by atoms with Crippen LogP contribution >= 0.6 is 11.8 Å². The van der Waals surface area contributed by atoms with Crippen molar-refractivity contribution in [1.82, 2.24) is 13.9 Å². The Kier molecular flexibility index (Phi) is 6.30. The lowest BCUT2D eigenvalue weighted by Crippen LogP contribution is -2.49. The SMILES string of the molecule is O=C(O)C1CCCN(S(=O)(=O)NCCN2CCSCC2)C1. The average molecular weight is 337 g/mol. The molecule has 0 aromatic heterocycles. The fourth-order valence-electron chi connectivity index (χ4n) is 2.61. The lowest BCUT2D eigenvalue weighted by atomic mass is 10.0. The Morgan fingerprint density at radius 2 is 2.00 bits per heavy atom. The summed E-state index contributed by atoms with van der Waals surface area (Å²) in [4.78, 5) is 13.2. The maximum absolute atomic E-state index is 12.2. The fraction of sp³-hybridized carbons (Fsp3) is 0.917. The van der Waals surface area contributed by atoms with Gasteiger partial charge in [-0.1, -0.05) is 0 Å². The van der Waals surface area contributed by atoms with Gasteiger partial charge in [0.15, 0.2) is 0 Å². The summed E-state index contributed by atoms with van der Waals surface area (Å²) in [5.41, 5.74) is 0. The van der Waals surface area contributed by atoms with Gasteiger partial charge < -0.3 is 10.0 Å². The van der Waals surface area contributed by atoms with Crippen LogP contribution in [0.4, 0.5) is 0 Å².